The van der Waals surface area contributed by atoms with Crippen molar-refractivity contribution in [3.05, 3.63) is 70.2 Å². The smallest absolute Gasteiger partial charge is 0.408 e. The monoisotopic (exact) mass is 720 g/mol. The maximum atomic E-state index is 14.0. The molecule has 0 bridgehead atoms. The molecular formula is C36H50ClN2O9P. The van der Waals surface area contributed by atoms with E-state index in [1.54, 1.807) is 38.1 Å². The van der Waals surface area contributed by atoms with Crippen LogP contribution in [-0.4, -0.2) is 60.6 Å². The molecule has 1 fully saturated rings. The Morgan fingerprint density at radius 1 is 1.00 bits per heavy atom. The lowest BCUT2D eigenvalue weighted by Gasteiger charge is -2.32. The van der Waals surface area contributed by atoms with Crippen LogP contribution in [0.15, 0.2) is 48.5 Å². The summed E-state index contributed by atoms with van der Waals surface area (Å²) in [5.41, 5.74) is 2.53. The van der Waals surface area contributed by atoms with E-state index in [0.717, 1.165) is 43.2 Å². The Balaban J connectivity index is 1.53. The minimum Gasteiger partial charge on any atom is -0.445 e. The van der Waals surface area contributed by atoms with Crippen LogP contribution in [0.1, 0.15) is 94.2 Å². The Bertz CT molecular complexity index is 1430. The zero-order valence-electron chi connectivity index (χ0n) is 28.4. The minimum atomic E-state index is -4.13. The molecule has 49 heavy (non-hydrogen) atoms. The summed E-state index contributed by atoms with van der Waals surface area (Å²) in [6.07, 6.45) is 5.01. The molecule has 1 heterocycles. The van der Waals surface area contributed by atoms with Crippen LogP contribution >= 0.6 is 19.2 Å². The first kappa shape index (κ1) is 39.0. The fraction of sp³-hybridized carbons (Fsp3) is 0.583. The highest BCUT2D eigenvalue weighted by atomic mass is 35.5. The van der Waals surface area contributed by atoms with Crippen LogP contribution in [0.25, 0.3) is 0 Å². The van der Waals surface area contributed by atoms with Crippen molar-refractivity contribution >= 4 is 37.0 Å². The summed E-state index contributed by atoms with van der Waals surface area (Å²) in [6, 6.07) is 12.4. The lowest BCUT2D eigenvalue weighted by Crippen LogP contribution is -2.53. The topological polar surface area (TPSA) is 149 Å². The van der Waals surface area contributed by atoms with Gasteiger partial charge in [-0.2, -0.15) is 0 Å². The quantitative estimate of drug-likeness (QED) is 0.147. The first-order chi connectivity index (χ1) is 23.6. The Kier molecular flexibility index (Phi) is 15.6. The van der Waals surface area contributed by atoms with Gasteiger partial charge in [-0.3, -0.25) is 14.2 Å². The number of amides is 2. The Morgan fingerprint density at radius 3 is 2.45 bits per heavy atom. The van der Waals surface area contributed by atoms with Gasteiger partial charge in [0.15, 0.2) is 5.85 Å². The number of alkyl carbamates (subject to hydrolysis) is 1. The molecule has 2 aliphatic rings. The SMILES string of the molecule is CCOP(=O)(OCC)C(O)[C@H](CCC(=O)C1CCOCc2ccccc21)NC(=O)[C@H](CC1CCCCC1)NC(=O)OCc1cccc(Cl)c1. The third kappa shape index (κ3) is 11.6. The molecule has 2 amide bonds. The van der Waals surface area contributed by atoms with Crippen LogP contribution in [0.3, 0.4) is 0 Å². The molecule has 4 rings (SSSR count). The average molecular weight is 721 g/mol. The van der Waals surface area contributed by atoms with Gasteiger partial charge in [-0.25, -0.2) is 4.79 Å². The van der Waals surface area contributed by atoms with Crippen molar-refractivity contribution in [3.63, 3.8) is 0 Å². The highest BCUT2D eigenvalue weighted by Gasteiger charge is 2.42. The second-order valence-electron chi connectivity index (χ2n) is 12.6. The zero-order chi connectivity index (χ0) is 35.2. The Hall–Kier alpha value is -2.79. The lowest BCUT2D eigenvalue weighted by molar-refractivity contribution is -0.126. The number of hydrogen-bond donors (Lipinski definition) is 3. The molecule has 2 aromatic rings. The number of carbonyl (C=O) groups excluding carboxylic acids is 3. The number of ether oxygens (including phenoxy) is 2. The van der Waals surface area contributed by atoms with Crippen LogP contribution < -0.4 is 10.6 Å². The summed E-state index contributed by atoms with van der Waals surface area (Å²) in [4.78, 5) is 40.7. The molecule has 1 aliphatic carbocycles. The van der Waals surface area contributed by atoms with E-state index >= 15 is 0 Å². The van der Waals surface area contributed by atoms with Gasteiger partial charge in [-0.1, -0.05) is 80.1 Å². The number of rotatable bonds is 17. The van der Waals surface area contributed by atoms with Gasteiger partial charge in [0.25, 0.3) is 0 Å². The van der Waals surface area contributed by atoms with Gasteiger partial charge in [-0.05, 0) is 67.9 Å². The first-order valence-electron chi connectivity index (χ1n) is 17.4. The van der Waals surface area contributed by atoms with Gasteiger partial charge in [0.05, 0.1) is 25.9 Å². The predicted octanol–water partition coefficient (Wildman–Crippen LogP) is 7.03. The largest absolute Gasteiger partial charge is 0.445 e. The van der Waals surface area contributed by atoms with Crippen molar-refractivity contribution in [2.24, 2.45) is 5.92 Å². The highest BCUT2D eigenvalue weighted by molar-refractivity contribution is 7.54. The molecule has 0 spiro atoms. The molecule has 13 heteroatoms. The number of aliphatic hydroxyl groups excluding tert-OH is 1. The Labute approximate surface area is 294 Å². The third-order valence-electron chi connectivity index (χ3n) is 9.12. The van der Waals surface area contributed by atoms with Crippen molar-refractivity contribution < 1.29 is 42.6 Å². The maximum Gasteiger partial charge on any atom is 0.408 e. The predicted molar refractivity (Wildman–Crippen MR) is 186 cm³/mol. The maximum absolute atomic E-state index is 14.0. The van der Waals surface area contributed by atoms with Crippen molar-refractivity contribution in [3.8, 4) is 0 Å². The fourth-order valence-corrected chi connectivity index (χ4v) is 8.62. The van der Waals surface area contributed by atoms with Crippen molar-refractivity contribution in [2.75, 3.05) is 19.8 Å². The van der Waals surface area contributed by atoms with Gasteiger partial charge >= 0.3 is 13.7 Å². The summed E-state index contributed by atoms with van der Waals surface area (Å²) < 4.78 is 35.8. The number of benzene rings is 2. The molecule has 1 saturated carbocycles. The normalized spacial score (nSPS) is 18.7. The molecule has 3 N–H and O–H groups in total. The number of hydrogen-bond acceptors (Lipinski definition) is 9. The van der Waals surface area contributed by atoms with Crippen LogP contribution in [0.4, 0.5) is 4.79 Å². The summed E-state index contributed by atoms with van der Waals surface area (Å²) >= 11 is 6.06. The van der Waals surface area contributed by atoms with Gasteiger partial charge in [0.1, 0.15) is 18.4 Å². The lowest BCUT2D eigenvalue weighted by atomic mass is 9.84. The van der Waals surface area contributed by atoms with E-state index in [-0.39, 0.29) is 44.4 Å². The van der Waals surface area contributed by atoms with Crippen molar-refractivity contribution in [1.29, 1.82) is 0 Å². The van der Waals surface area contributed by atoms with E-state index in [2.05, 4.69) is 10.6 Å². The number of aliphatic hydroxyl groups is 1. The van der Waals surface area contributed by atoms with Crippen molar-refractivity contribution in [1.82, 2.24) is 10.6 Å². The molecule has 4 atom stereocenters. The second-order valence-corrected chi connectivity index (χ2v) is 15.2. The molecule has 0 aromatic heterocycles. The third-order valence-corrected chi connectivity index (χ3v) is 11.6. The summed E-state index contributed by atoms with van der Waals surface area (Å²) in [6.45, 7) is 4.03. The van der Waals surface area contributed by atoms with Crippen LogP contribution in [-0.2, 0) is 45.9 Å². The molecule has 1 aliphatic heterocycles. The van der Waals surface area contributed by atoms with E-state index in [4.69, 9.17) is 30.1 Å². The zero-order valence-corrected chi connectivity index (χ0v) is 30.1. The number of Topliss-reactive ketones (excluding diaryl/α,β-unsaturated/α-hetero) is 1. The standard InChI is InChI=1S/C36H50ClN2O9P/c1-3-47-49(44,48-4-2)35(42)31(17-18-33(40)30-19-20-45-24-27-14-8-9-16-29(27)30)38-34(41)32(22-25-11-6-5-7-12-25)39-36(43)46-23-26-13-10-15-28(37)21-26/h8-10,13-16,21,25,30-32,35,42H,3-7,11-12,17-20,22-24H2,1-2H3,(H,38,41)(H,39,43)/t30?,31-,32-,35?/m0/s1. The second kappa shape index (κ2) is 19.6. The van der Waals surface area contributed by atoms with E-state index in [9.17, 15) is 24.1 Å². The summed E-state index contributed by atoms with van der Waals surface area (Å²) in [7, 11) is -4.13. The van der Waals surface area contributed by atoms with Gasteiger partial charge in [0.2, 0.25) is 5.91 Å². The first-order valence-corrected chi connectivity index (χ1v) is 19.4. The highest BCUT2D eigenvalue weighted by Crippen LogP contribution is 2.53. The molecular weight excluding hydrogens is 671 g/mol. The van der Waals surface area contributed by atoms with Crippen molar-refractivity contribution in [2.45, 2.75) is 109 Å². The summed E-state index contributed by atoms with van der Waals surface area (Å²) in [5, 5.41) is 17.5. The van der Waals surface area contributed by atoms with Crippen LogP contribution in [0.5, 0.6) is 0 Å². The average Bonchev–Trinajstić information content (AvgIpc) is 3.32. The minimum absolute atomic E-state index is 0.00286. The van der Waals surface area contributed by atoms with Gasteiger partial charge in [0, 0.05) is 24.0 Å². The molecule has 2 unspecified atom stereocenters. The number of ketones is 1. The number of halogens is 1. The number of nitrogens with one attached hydrogen (secondary N) is 2. The summed E-state index contributed by atoms with van der Waals surface area (Å²) in [5.74, 6) is -2.67. The fourth-order valence-electron chi connectivity index (χ4n) is 6.65. The van der Waals surface area contributed by atoms with E-state index in [1.807, 2.05) is 24.3 Å². The molecule has 2 aromatic carbocycles. The number of carbonyl (C=O) groups is 3. The van der Waals surface area contributed by atoms with E-state index in [1.165, 1.54) is 0 Å². The van der Waals surface area contributed by atoms with E-state index in [0.29, 0.717) is 36.6 Å². The van der Waals surface area contributed by atoms with Crippen LogP contribution in [0.2, 0.25) is 5.02 Å². The molecule has 11 nitrogen and oxygen atoms in total. The van der Waals surface area contributed by atoms with Crippen LogP contribution in [0, 0.1) is 5.92 Å². The molecule has 0 saturated heterocycles. The Morgan fingerprint density at radius 2 is 1.73 bits per heavy atom. The van der Waals surface area contributed by atoms with E-state index < -0.39 is 43.4 Å². The molecule has 270 valence electrons. The molecule has 0 radical (unpaired) electrons. The van der Waals surface area contributed by atoms with Gasteiger partial charge in [-0.15, -0.1) is 0 Å². The number of fused-ring (bicyclic) bond motifs is 1. The van der Waals surface area contributed by atoms with Gasteiger partial charge < -0.3 is 34.3 Å².